The van der Waals surface area contributed by atoms with Gasteiger partial charge in [0.1, 0.15) is 0 Å². The maximum absolute atomic E-state index is 12.5. The van der Waals surface area contributed by atoms with Gasteiger partial charge in [0.05, 0.1) is 26.8 Å². The number of imide groups is 1. The van der Waals surface area contributed by atoms with Gasteiger partial charge in [0.2, 0.25) is 5.91 Å². The molecule has 1 aliphatic heterocycles. The van der Waals surface area contributed by atoms with E-state index in [1.54, 1.807) is 25.6 Å². The van der Waals surface area contributed by atoms with Crippen LogP contribution in [0.1, 0.15) is 35.4 Å². The lowest BCUT2D eigenvalue weighted by Gasteiger charge is -2.36. The Balaban J connectivity index is 1.85. The number of methoxy groups -OCH3 is 2. The molecule has 0 unspecified atom stereocenters. The fourth-order valence-electron chi connectivity index (χ4n) is 3.58. The average molecular weight is 418 g/mol. The first-order valence-corrected chi connectivity index (χ1v) is 10.5. The first-order valence-electron chi connectivity index (χ1n) is 9.67. The number of urea groups is 1. The zero-order valence-corrected chi connectivity index (χ0v) is 17.8. The summed E-state index contributed by atoms with van der Waals surface area (Å²) >= 11 is 1.65. The van der Waals surface area contributed by atoms with Crippen LogP contribution < -0.4 is 20.1 Å². The van der Waals surface area contributed by atoms with Gasteiger partial charge in [0, 0.05) is 18.0 Å². The van der Waals surface area contributed by atoms with E-state index in [1.807, 2.05) is 30.5 Å². The van der Waals surface area contributed by atoms with Crippen LogP contribution in [0.3, 0.4) is 0 Å². The van der Waals surface area contributed by atoms with E-state index in [2.05, 4.69) is 21.6 Å². The molecule has 0 radical (unpaired) electrons. The Morgan fingerprint density at radius 1 is 1.24 bits per heavy atom. The van der Waals surface area contributed by atoms with E-state index >= 15 is 0 Å². The number of hydrogen-bond donors (Lipinski definition) is 2. The topological polar surface area (TPSA) is 79.9 Å². The minimum absolute atomic E-state index is 0.0805. The van der Waals surface area contributed by atoms with Crippen LogP contribution in [0.2, 0.25) is 0 Å². The second-order valence-electron chi connectivity index (χ2n) is 6.85. The number of nitrogens with zero attached hydrogens (tertiary/aromatic N) is 1. The van der Waals surface area contributed by atoms with Crippen molar-refractivity contribution in [2.24, 2.45) is 0 Å². The SMILES string of the molecule is CCCNC(=O)NC(=O)CN1CCc2cc(OC)c(OC)cc2[C@@H]1c1cccs1. The summed E-state index contributed by atoms with van der Waals surface area (Å²) in [6.07, 6.45) is 1.60. The number of nitrogens with one attached hydrogen (secondary N) is 2. The first-order chi connectivity index (χ1) is 14.1. The van der Waals surface area contributed by atoms with E-state index in [4.69, 9.17) is 9.47 Å². The highest BCUT2D eigenvalue weighted by molar-refractivity contribution is 7.10. The molecule has 0 aliphatic carbocycles. The summed E-state index contributed by atoms with van der Waals surface area (Å²) < 4.78 is 11.0. The molecule has 0 fully saturated rings. The Bertz CT molecular complexity index is 854. The molecule has 156 valence electrons. The van der Waals surface area contributed by atoms with Gasteiger partial charge in [-0.3, -0.25) is 15.0 Å². The number of benzene rings is 1. The number of amides is 3. The van der Waals surface area contributed by atoms with Gasteiger partial charge in [0.25, 0.3) is 0 Å². The van der Waals surface area contributed by atoms with E-state index in [0.29, 0.717) is 24.6 Å². The summed E-state index contributed by atoms with van der Waals surface area (Å²) in [4.78, 5) is 27.5. The standard InChI is InChI=1S/C21H27N3O4S/c1-4-8-22-21(26)23-19(25)13-24-9-7-14-11-16(27-2)17(28-3)12-15(14)20(24)18-6-5-10-29-18/h5-6,10-12,20H,4,7-9,13H2,1-3H3,(H2,22,23,25,26)/t20-/m1/s1. The first kappa shape index (κ1) is 21.1. The monoisotopic (exact) mass is 417 g/mol. The van der Waals surface area contributed by atoms with Crippen molar-refractivity contribution >= 4 is 23.3 Å². The van der Waals surface area contributed by atoms with Crippen molar-refractivity contribution in [2.45, 2.75) is 25.8 Å². The molecular weight excluding hydrogens is 390 g/mol. The Labute approximate surface area is 175 Å². The largest absolute Gasteiger partial charge is 0.493 e. The van der Waals surface area contributed by atoms with E-state index in [-0.39, 0.29) is 18.5 Å². The molecule has 0 saturated heterocycles. The van der Waals surface area contributed by atoms with E-state index in [0.717, 1.165) is 23.3 Å². The molecular formula is C21H27N3O4S. The molecule has 0 bridgehead atoms. The predicted octanol–water partition coefficient (Wildman–Crippen LogP) is 2.95. The van der Waals surface area contributed by atoms with Gasteiger partial charge in [-0.25, -0.2) is 4.79 Å². The van der Waals surface area contributed by atoms with Crippen LogP contribution in [0.25, 0.3) is 0 Å². The zero-order valence-electron chi connectivity index (χ0n) is 17.0. The second kappa shape index (κ2) is 9.76. The fourth-order valence-corrected chi connectivity index (χ4v) is 4.46. The number of rotatable bonds is 7. The van der Waals surface area contributed by atoms with Crippen LogP contribution in [0.4, 0.5) is 4.79 Å². The lowest BCUT2D eigenvalue weighted by molar-refractivity contribution is -0.121. The van der Waals surface area contributed by atoms with E-state index < -0.39 is 6.03 Å². The molecule has 3 rings (SSSR count). The number of hydrogen-bond acceptors (Lipinski definition) is 6. The fraction of sp³-hybridized carbons (Fsp3) is 0.429. The molecule has 3 amide bonds. The Hall–Kier alpha value is -2.58. The van der Waals surface area contributed by atoms with Gasteiger partial charge in [-0.1, -0.05) is 13.0 Å². The van der Waals surface area contributed by atoms with Crippen molar-refractivity contribution in [2.75, 3.05) is 33.9 Å². The number of thiophene rings is 1. The highest BCUT2D eigenvalue weighted by Gasteiger charge is 2.32. The minimum atomic E-state index is -0.451. The van der Waals surface area contributed by atoms with Crippen LogP contribution in [0.15, 0.2) is 29.6 Å². The second-order valence-corrected chi connectivity index (χ2v) is 7.83. The van der Waals surface area contributed by atoms with Gasteiger partial charge in [-0.05, 0) is 47.5 Å². The van der Waals surface area contributed by atoms with Crippen LogP contribution >= 0.6 is 11.3 Å². The maximum atomic E-state index is 12.5. The Morgan fingerprint density at radius 3 is 2.66 bits per heavy atom. The van der Waals surface area contributed by atoms with Crippen molar-refractivity contribution in [3.63, 3.8) is 0 Å². The summed E-state index contributed by atoms with van der Waals surface area (Å²) in [5.41, 5.74) is 2.28. The molecule has 7 nitrogen and oxygen atoms in total. The zero-order chi connectivity index (χ0) is 20.8. The summed E-state index contributed by atoms with van der Waals surface area (Å²) in [5, 5.41) is 7.11. The van der Waals surface area contributed by atoms with Gasteiger partial charge >= 0.3 is 6.03 Å². The molecule has 1 aromatic carbocycles. The third kappa shape index (κ3) is 4.89. The molecule has 8 heteroatoms. The van der Waals surface area contributed by atoms with Crippen LogP contribution in [0, 0.1) is 0 Å². The smallest absolute Gasteiger partial charge is 0.321 e. The van der Waals surface area contributed by atoms with Crippen LogP contribution in [0.5, 0.6) is 11.5 Å². The van der Waals surface area contributed by atoms with Crippen molar-refractivity contribution in [3.05, 3.63) is 45.6 Å². The third-order valence-electron chi connectivity index (χ3n) is 4.92. The molecule has 0 saturated carbocycles. The van der Waals surface area contributed by atoms with Crippen LogP contribution in [-0.4, -0.2) is 50.7 Å². The van der Waals surface area contributed by atoms with Crippen molar-refractivity contribution < 1.29 is 19.1 Å². The van der Waals surface area contributed by atoms with E-state index in [1.165, 1.54) is 5.56 Å². The quantitative estimate of drug-likeness (QED) is 0.724. The van der Waals surface area contributed by atoms with Gasteiger partial charge in [0.15, 0.2) is 11.5 Å². The predicted molar refractivity (Wildman–Crippen MR) is 113 cm³/mol. The third-order valence-corrected chi connectivity index (χ3v) is 5.85. The summed E-state index contributed by atoms with van der Waals surface area (Å²) in [6.45, 7) is 3.34. The Morgan fingerprint density at radius 2 is 2.00 bits per heavy atom. The Kier molecular flexibility index (Phi) is 7.11. The molecule has 2 heterocycles. The van der Waals surface area contributed by atoms with Gasteiger partial charge in [-0.2, -0.15) is 0 Å². The molecule has 2 N–H and O–H groups in total. The summed E-state index contributed by atoms with van der Waals surface area (Å²) in [7, 11) is 3.25. The molecule has 1 atom stereocenters. The van der Waals surface area contributed by atoms with Crippen molar-refractivity contribution in [1.82, 2.24) is 15.5 Å². The normalized spacial score (nSPS) is 16.0. The average Bonchev–Trinajstić information content (AvgIpc) is 3.25. The molecule has 1 aliphatic rings. The molecule has 1 aromatic heterocycles. The number of ether oxygens (including phenoxy) is 2. The minimum Gasteiger partial charge on any atom is -0.493 e. The molecule has 0 spiro atoms. The number of fused-ring (bicyclic) bond motifs is 1. The summed E-state index contributed by atoms with van der Waals surface area (Å²) in [6, 6.07) is 7.56. The van der Waals surface area contributed by atoms with Crippen molar-refractivity contribution in [3.8, 4) is 11.5 Å². The highest BCUT2D eigenvalue weighted by atomic mass is 32.1. The lowest BCUT2D eigenvalue weighted by atomic mass is 9.91. The van der Waals surface area contributed by atoms with Gasteiger partial charge in [-0.15, -0.1) is 11.3 Å². The number of carbonyl (C=O) groups is 2. The van der Waals surface area contributed by atoms with Crippen molar-refractivity contribution in [1.29, 1.82) is 0 Å². The van der Waals surface area contributed by atoms with E-state index in [9.17, 15) is 9.59 Å². The molecule has 2 aromatic rings. The van der Waals surface area contributed by atoms with Crippen LogP contribution in [-0.2, 0) is 11.2 Å². The maximum Gasteiger partial charge on any atom is 0.321 e. The highest BCUT2D eigenvalue weighted by Crippen LogP contribution is 2.41. The lowest BCUT2D eigenvalue weighted by Crippen LogP contribution is -2.47. The number of carbonyl (C=O) groups excluding carboxylic acids is 2. The summed E-state index contributed by atoms with van der Waals surface area (Å²) in [5.74, 6) is 1.05. The molecule has 29 heavy (non-hydrogen) atoms. The van der Waals surface area contributed by atoms with Gasteiger partial charge < -0.3 is 14.8 Å².